The SMILES string of the molecule is O=C(O)c1cccc(N/N=C/c2ccc(O)cc2)c1. The van der Waals surface area contributed by atoms with Crippen molar-refractivity contribution in [3.05, 3.63) is 59.7 Å². The van der Waals surface area contributed by atoms with E-state index in [2.05, 4.69) is 10.5 Å². The van der Waals surface area contributed by atoms with Crippen molar-refractivity contribution >= 4 is 17.9 Å². The third-order valence-electron chi connectivity index (χ3n) is 2.41. The van der Waals surface area contributed by atoms with E-state index in [1.165, 1.54) is 12.1 Å². The first-order valence-corrected chi connectivity index (χ1v) is 5.56. The summed E-state index contributed by atoms with van der Waals surface area (Å²) in [6, 6.07) is 12.9. The van der Waals surface area contributed by atoms with E-state index in [0.717, 1.165) is 5.56 Å². The Balaban J connectivity index is 2.04. The van der Waals surface area contributed by atoms with Gasteiger partial charge in [0.25, 0.3) is 0 Å². The zero-order valence-electron chi connectivity index (χ0n) is 9.95. The molecule has 0 bridgehead atoms. The van der Waals surface area contributed by atoms with Crippen LogP contribution >= 0.6 is 0 Å². The van der Waals surface area contributed by atoms with Crippen LogP contribution in [0.3, 0.4) is 0 Å². The number of carboxylic acids is 1. The van der Waals surface area contributed by atoms with Gasteiger partial charge >= 0.3 is 5.97 Å². The summed E-state index contributed by atoms with van der Waals surface area (Å²) in [4.78, 5) is 10.8. The Morgan fingerprint density at radius 2 is 1.89 bits per heavy atom. The Morgan fingerprint density at radius 3 is 2.58 bits per heavy atom. The van der Waals surface area contributed by atoms with Gasteiger partial charge in [-0.05, 0) is 48.0 Å². The summed E-state index contributed by atoms with van der Waals surface area (Å²) < 4.78 is 0. The lowest BCUT2D eigenvalue weighted by Crippen LogP contribution is -1.97. The molecule has 2 aromatic carbocycles. The number of nitrogens with zero attached hydrogens (tertiary/aromatic N) is 1. The van der Waals surface area contributed by atoms with Gasteiger partial charge in [-0.25, -0.2) is 4.79 Å². The molecule has 0 saturated carbocycles. The minimum atomic E-state index is -0.980. The summed E-state index contributed by atoms with van der Waals surface area (Å²) in [5.74, 6) is -0.787. The molecular formula is C14H12N2O3. The van der Waals surface area contributed by atoms with Gasteiger partial charge in [-0.3, -0.25) is 5.43 Å². The predicted molar refractivity (Wildman–Crippen MR) is 72.7 cm³/mol. The zero-order chi connectivity index (χ0) is 13.7. The Kier molecular flexibility index (Phi) is 3.78. The van der Waals surface area contributed by atoms with Gasteiger partial charge in [-0.2, -0.15) is 5.10 Å². The minimum Gasteiger partial charge on any atom is -0.508 e. The third kappa shape index (κ3) is 3.57. The van der Waals surface area contributed by atoms with Crippen LogP contribution in [0, 0.1) is 0 Å². The van der Waals surface area contributed by atoms with E-state index in [-0.39, 0.29) is 11.3 Å². The van der Waals surface area contributed by atoms with Crippen molar-refractivity contribution < 1.29 is 15.0 Å². The molecule has 0 aliphatic heterocycles. The number of hydrogen-bond donors (Lipinski definition) is 3. The van der Waals surface area contributed by atoms with Crippen LogP contribution in [0.25, 0.3) is 0 Å². The molecule has 0 heterocycles. The Bertz CT molecular complexity index is 606. The van der Waals surface area contributed by atoms with Gasteiger partial charge in [-0.15, -0.1) is 0 Å². The standard InChI is InChI=1S/C14H12N2O3/c17-13-6-4-10(5-7-13)9-15-16-12-3-1-2-11(8-12)14(18)19/h1-9,16-17H,(H,18,19)/b15-9+. The molecule has 19 heavy (non-hydrogen) atoms. The van der Waals surface area contributed by atoms with Crippen molar-refractivity contribution in [2.24, 2.45) is 5.10 Å². The summed E-state index contributed by atoms with van der Waals surface area (Å²) >= 11 is 0. The summed E-state index contributed by atoms with van der Waals surface area (Å²) in [5, 5.41) is 22.0. The minimum absolute atomic E-state index is 0.194. The lowest BCUT2D eigenvalue weighted by atomic mass is 10.2. The molecule has 0 radical (unpaired) electrons. The second kappa shape index (κ2) is 5.68. The summed E-state index contributed by atoms with van der Waals surface area (Å²) in [6.07, 6.45) is 1.58. The van der Waals surface area contributed by atoms with Crippen LogP contribution in [0.1, 0.15) is 15.9 Å². The van der Waals surface area contributed by atoms with Crippen molar-refractivity contribution in [3.8, 4) is 5.75 Å². The van der Waals surface area contributed by atoms with Crippen molar-refractivity contribution in [2.45, 2.75) is 0 Å². The van der Waals surface area contributed by atoms with Crippen molar-refractivity contribution in [2.75, 3.05) is 5.43 Å². The molecule has 0 atom stereocenters. The first-order valence-electron chi connectivity index (χ1n) is 5.56. The average molecular weight is 256 g/mol. The Labute approximate surface area is 109 Å². The molecule has 2 rings (SSSR count). The van der Waals surface area contributed by atoms with Crippen LogP contribution in [-0.2, 0) is 0 Å². The molecule has 0 unspecified atom stereocenters. The molecule has 0 aliphatic rings. The first-order chi connectivity index (χ1) is 9.15. The lowest BCUT2D eigenvalue weighted by molar-refractivity contribution is 0.0697. The summed E-state index contributed by atoms with van der Waals surface area (Å²) in [5.41, 5.74) is 4.36. The number of rotatable bonds is 4. The largest absolute Gasteiger partial charge is 0.508 e. The van der Waals surface area contributed by atoms with Crippen LogP contribution in [0.5, 0.6) is 5.75 Å². The van der Waals surface area contributed by atoms with Gasteiger partial charge < -0.3 is 10.2 Å². The van der Waals surface area contributed by atoms with Crippen LogP contribution in [0.15, 0.2) is 53.6 Å². The highest BCUT2D eigenvalue weighted by Gasteiger charge is 2.01. The number of benzene rings is 2. The highest BCUT2D eigenvalue weighted by Crippen LogP contribution is 2.11. The number of hydrazone groups is 1. The van der Waals surface area contributed by atoms with Crippen LogP contribution in [0.4, 0.5) is 5.69 Å². The van der Waals surface area contributed by atoms with E-state index < -0.39 is 5.97 Å². The maximum atomic E-state index is 10.8. The molecule has 0 saturated heterocycles. The normalized spacial score (nSPS) is 10.5. The molecule has 96 valence electrons. The molecular weight excluding hydrogens is 244 g/mol. The van der Waals surface area contributed by atoms with E-state index in [9.17, 15) is 4.79 Å². The average Bonchev–Trinajstić information content (AvgIpc) is 2.41. The fraction of sp³-hybridized carbons (Fsp3) is 0. The smallest absolute Gasteiger partial charge is 0.335 e. The molecule has 0 aromatic heterocycles. The molecule has 0 fully saturated rings. The van der Waals surface area contributed by atoms with Gasteiger partial charge in [0, 0.05) is 0 Å². The maximum Gasteiger partial charge on any atom is 0.335 e. The lowest BCUT2D eigenvalue weighted by Gasteiger charge is -2.01. The number of phenols is 1. The highest BCUT2D eigenvalue weighted by molar-refractivity contribution is 5.88. The third-order valence-corrected chi connectivity index (χ3v) is 2.41. The van der Waals surface area contributed by atoms with E-state index in [1.54, 1.807) is 42.6 Å². The van der Waals surface area contributed by atoms with E-state index in [1.807, 2.05) is 0 Å². The van der Waals surface area contributed by atoms with Crippen molar-refractivity contribution in [3.63, 3.8) is 0 Å². The second-order valence-corrected chi connectivity index (χ2v) is 3.85. The zero-order valence-corrected chi connectivity index (χ0v) is 9.95. The molecule has 0 amide bonds. The van der Waals surface area contributed by atoms with Crippen molar-refractivity contribution in [1.82, 2.24) is 0 Å². The molecule has 5 nitrogen and oxygen atoms in total. The number of aromatic carboxylic acids is 1. The monoisotopic (exact) mass is 256 g/mol. The number of hydrogen-bond acceptors (Lipinski definition) is 4. The molecule has 0 spiro atoms. The predicted octanol–water partition coefficient (Wildman–Crippen LogP) is 2.54. The van der Waals surface area contributed by atoms with Crippen molar-refractivity contribution in [1.29, 1.82) is 0 Å². The van der Waals surface area contributed by atoms with Crippen LogP contribution in [-0.4, -0.2) is 22.4 Å². The number of aromatic hydroxyl groups is 1. The van der Waals surface area contributed by atoms with Gasteiger partial charge in [-0.1, -0.05) is 6.07 Å². The Morgan fingerprint density at radius 1 is 1.16 bits per heavy atom. The van der Waals surface area contributed by atoms with Gasteiger partial charge in [0.2, 0.25) is 0 Å². The number of carboxylic acid groups (broad SMARTS) is 1. The molecule has 3 N–H and O–H groups in total. The fourth-order valence-electron chi connectivity index (χ4n) is 1.46. The molecule has 0 aliphatic carbocycles. The number of anilines is 1. The van der Waals surface area contributed by atoms with E-state index >= 15 is 0 Å². The quantitative estimate of drug-likeness (QED) is 0.580. The Hall–Kier alpha value is -2.82. The van der Waals surface area contributed by atoms with Gasteiger partial charge in [0.05, 0.1) is 17.5 Å². The van der Waals surface area contributed by atoms with Gasteiger partial charge in [0.1, 0.15) is 5.75 Å². The number of nitrogens with one attached hydrogen (secondary N) is 1. The van der Waals surface area contributed by atoms with Crippen LogP contribution in [0.2, 0.25) is 0 Å². The number of phenolic OH excluding ortho intramolecular Hbond substituents is 1. The summed E-state index contributed by atoms with van der Waals surface area (Å²) in [7, 11) is 0. The first kappa shape index (κ1) is 12.6. The summed E-state index contributed by atoms with van der Waals surface area (Å²) in [6.45, 7) is 0. The van der Waals surface area contributed by atoms with E-state index in [4.69, 9.17) is 10.2 Å². The topological polar surface area (TPSA) is 81.9 Å². The fourth-order valence-corrected chi connectivity index (χ4v) is 1.46. The van der Waals surface area contributed by atoms with Crippen LogP contribution < -0.4 is 5.43 Å². The maximum absolute atomic E-state index is 10.8. The number of carbonyl (C=O) groups is 1. The van der Waals surface area contributed by atoms with E-state index in [0.29, 0.717) is 5.69 Å². The molecule has 2 aromatic rings. The molecule has 5 heteroatoms. The highest BCUT2D eigenvalue weighted by atomic mass is 16.4. The second-order valence-electron chi connectivity index (χ2n) is 3.85. The van der Waals surface area contributed by atoms with Gasteiger partial charge in [0.15, 0.2) is 0 Å².